The van der Waals surface area contributed by atoms with Gasteiger partial charge in [-0.1, -0.05) is 18.6 Å². The van der Waals surface area contributed by atoms with E-state index >= 15 is 0 Å². The number of nitrogens with two attached hydrogens (primary N) is 1. The van der Waals surface area contributed by atoms with Crippen LogP contribution in [-0.4, -0.2) is 30.4 Å². The largest absolute Gasteiger partial charge is 0.369 e. The lowest BCUT2D eigenvalue weighted by atomic mass is 9.95. The highest BCUT2D eigenvalue weighted by Gasteiger charge is 2.22. The highest BCUT2D eigenvalue weighted by molar-refractivity contribution is 5.76. The number of rotatable bonds is 7. The monoisotopic (exact) mass is 266 g/mol. The van der Waals surface area contributed by atoms with Crippen molar-refractivity contribution in [1.29, 1.82) is 0 Å². The fourth-order valence-corrected chi connectivity index (χ4v) is 2.64. The fourth-order valence-electron chi connectivity index (χ4n) is 2.64. The Morgan fingerprint density at radius 3 is 2.47 bits per heavy atom. The molecular formula is C16H30N2O. The summed E-state index contributed by atoms with van der Waals surface area (Å²) >= 11 is 0. The van der Waals surface area contributed by atoms with Crippen LogP contribution in [0.3, 0.4) is 0 Å². The van der Waals surface area contributed by atoms with Crippen LogP contribution in [0.5, 0.6) is 0 Å². The van der Waals surface area contributed by atoms with Crippen LogP contribution in [0.25, 0.3) is 0 Å². The molecular weight excluding hydrogens is 236 g/mol. The summed E-state index contributed by atoms with van der Waals surface area (Å²) in [6.07, 6.45) is 7.96. The number of carbonyl (C=O) groups excluding carboxylic acids is 1. The van der Waals surface area contributed by atoms with Crippen LogP contribution >= 0.6 is 0 Å². The third-order valence-electron chi connectivity index (χ3n) is 4.14. The standard InChI is InChI=1S/C16H30N2O/c1-13(2)5-4-6-14(3)7-10-18-11-8-15(9-12-18)16(17)19/h5,14-15H,4,6-12H2,1-3H3,(H2,17,19)/t14-/m0/s1. The molecule has 1 aliphatic heterocycles. The number of nitrogens with zero attached hydrogens (tertiary/aromatic N) is 1. The summed E-state index contributed by atoms with van der Waals surface area (Å²) in [5.41, 5.74) is 6.77. The van der Waals surface area contributed by atoms with Crippen molar-refractivity contribution < 1.29 is 4.79 Å². The predicted octanol–water partition coefficient (Wildman–Crippen LogP) is 2.96. The minimum atomic E-state index is -0.116. The van der Waals surface area contributed by atoms with Crippen LogP contribution < -0.4 is 5.73 Å². The number of hydrogen-bond donors (Lipinski definition) is 1. The predicted molar refractivity (Wildman–Crippen MR) is 80.8 cm³/mol. The van der Waals surface area contributed by atoms with Gasteiger partial charge in [0, 0.05) is 5.92 Å². The van der Waals surface area contributed by atoms with E-state index in [0.717, 1.165) is 31.8 Å². The van der Waals surface area contributed by atoms with E-state index in [4.69, 9.17) is 5.73 Å². The van der Waals surface area contributed by atoms with E-state index in [1.807, 2.05) is 0 Å². The van der Waals surface area contributed by atoms with Crippen LogP contribution in [0.15, 0.2) is 11.6 Å². The lowest BCUT2D eigenvalue weighted by Gasteiger charge is -2.31. The van der Waals surface area contributed by atoms with Crippen molar-refractivity contribution in [3.63, 3.8) is 0 Å². The van der Waals surface area contributed by atoms with Crippen LogP contribution in [0.2, 0.25) is 0 Å². The van der Waals surface area contributed by atoms with Gasteiger partial charge < -0.3 is 10.6 Å². The maximum absolute atomic E-state index is 11.1. The summed E-state index contributed by atoms with van der Waals surface area (Å²) in [7, 11) is 0. The molecule has 0 saturated carbocycles. The zero-order chi connectivity index (χ0) is 14.3. The summed E-state index contributed by atoms with van der Waals surface area (Å²) in [4.78, 5) is 13.6. The van der Waals surface area contributed by atoms with Crippen molar-refractivity contribution in [1.82, 2.24) is 4.90 Å². The molecule has 0 spiro atoms. The fraction of sp³-hybridized carbons (Fsp3) is 0.812. The Hall–Kier alpha value is -0.830. The maximum atomic E-state index is 11.1. The van der Waals surface area contributed by atoms with Gasteiger partial charge in [-0.2, -0.15) is 0 Å². The van der Waals surface area contributed by atoms with Crippen molar-refractivity contribution in [2.45, 2.75) is 52.9 Å². The second-order valence-corrected chi connectivity index (χ2v) is 6.27. The van der Waals surface area contributed by atoms with E-state index < -0.39 is 0 Å². The Morgan fingerprint density at radius 2 is 1.95 bits per heavy atom. The minimum absolute atomic E-state index is 0.116. The second kappa shape index (κ2) is 8.36. The van der Waals surface area contributed by atoms with Crippen molar-refractivity contribution in [3.8, 4) is 0 Å². The Kier molecular flexibility index (Phi) is 7.14. The van der Waals surface area contributed by atoms with Crippen molar-refractivity contribution in [2.75, 3.05) is 19.6 Å². The first-order chi connectivity index (χ1) is 8.99. The molecule has 1 amide bonds. The molecule has 0 aromatic heterocycles. The lowest BCUT2D eigenvalue weighted by molar-refractivity contribution is -0.123. The van der Waals surface area contributed by atoms with Crippen molar-refractivity contribution >= 4 is 5.91 Å². The van der Waals surface area contributed by atoms with Gasteiger partial charge in [0.2, 0.25) is 5.91 Å². The molecule has 0 aliphatic carbocycles. The van der Waals surface area contributed by atoms with Crippen molar-refractivity contribution in [2.24, 2.45) is 17.6 Å². The van der Waals surface area contributed by atoms with Crippen LogP contribution in [-0.2, 0) is 4.79 Å². The molecule has 2 N–H and O–H groups in total. The number of primary amides is 1. The van der Waals surface area contributed by atoms with E-state index in [1.54, 1.807) is 0 Å². The second-order valence-electron chi connectivity index (χ2n) is 6.27. The Bertz CT molecular complexity index is 300. The number of allylic oxidation sites excluding steroid dienone is 2. The molecule has 3 nitrogen and oxygen atoms in total. The molecule has 1 heterocycles. The van der Waals surface area contributed by atoms with E-state index in [9.17, 15) is 4.79 Å². The van der Waals surface area contributed by atoms with Crippen LogP contribution in [0.4, 0.5) is 0 Å². The number of carbonyl (C=O) groups is 1. The molecule has 110 valence electrons. The summed E-state index contributed by atoms with van der Waals surface area (Å²) in [5, 5.41) is 0. The summed E-state index contributed by atoms with van der Waals surface area (Å²) in [6, 6.07) is 0. The average molecular weight is 266 g/mol. The van der Waals surface area contributed by atoms with Gasteiger partial charge in [0.1, 0.15) is 0 Å². The zero-order valence-corrected chi connectivity index (χ0v) is 12.8. The molecule has 0 bridgehead atoms. The van der Waals surface area contributed by atoms with E-state index in [0.29, 0.717) is 0 Å². The Labute approximate surface area is 118 Å². The molecule has 0 unspecified atom stereocenters. The van der Waals surface area contributed by atoms with Crippen LogP contribution in [0.1, 0.15) is 52.9 Å². The highest BCUT2D eigenvalue weighted by Crippen LogP contribution is 2.19. The Morgan fingerprint density at radius 1 is 1.32 bits per heavy atom. The average Bonchev–Trinajstić information content (AvgIpc) is 2.36. The number of likely N-dealkylation sites (tertiary alicyclic amines) is 1. The number of hydrogen-bond acceptors (Lipinski definition) is 2. The molecule has 19 heavy (non-hydrogen) atoms. The molecule has 3 heteroatoms. The van der Waals surface area contributed by atoms with Gasteiger partial charge in [-0.05, 0) is 71.5 Å². The van der Waals surface area contributed by atoms with Crippen LogP contribution in [0, 0.1) is 11.8 Å². The first kappa shape index (κ1) is 16.2. The van der Waals surface area contributed by atoms with E-state index in [-0.39, 0.29) is 11.8 Å². The zero-order valence-electron chi connectivity index (χ0n) is 12.8. The van der Waals surface area contributed by atoms with Gasteiger partial charge in [0.25, 0.3) is 0 Å². The summed E-state index contributed by atoms with van der Waals surface area (Å²) in [5.74, 6) is 0.783. The third kappa shape index (κ3) is 6.76. The third-order valence-corrected chi connectivity index (χ3v) is 4.14. The lowest BCUT2D eigenvalue weighted by Crippen LogP contribution is -2.39. The highest BCUT2D eigenvalue weighted by atomic mass is 16.1. The molecule has 0 aromatic carbocycles. The van der Waals surface area contributed by atoms with Gasteiger partial charge in [0.05, 0.1) is 0 Å². The van der Waals surface area contributed by atoms with Gasteiger partial charge in [0.15, 0.2) is 0 Å². The first-order valence-electron chi connectivity index (χ1n) is 7.64. The molecule has 1 fully saturated rings. The maximum Gasteiger partial charge on any atom is 0.220 e. The van der Waals surface area contributed by atoms with Gasteiger partial charge in [-0.15, -0.1) is 0 Å². The summed E-state index contributed by atoms with van der Waals surface area (Å²) < 4.78 is 0. The molecule has 1 rings (SSSR count). The SMILES string of the molecule is CC(C)=CCC[C@H](C)CCN1CCC(C(N)=O)CC1. The topological polar surface area (TPSA) is 46.3 Å². The van der Waals surface area contributed by atoms with Gasteiger partial charge >= 0.3 is 0 Å². The quantitative estimate of drug-likeness (QED) is 0.720. The van der Waals surface area contributed by atoms with E-state index in [1.165, 1.54) is 31.4 Å². The first-order valence-corrected chi connectivity index (χ1v) is 7.64. The smallest absolute Gasteiger partial charge is 0.220 e. The Balaban J connectivity index is 2.13. The molecule has 0 radical (unpaired) electrons. The molecule has 1 atom stereocenters. The van der Waals surface area contributed by atoms with Crippen molar-refractivity contribution in [3.05, 3.63) is 11.6 Å². The summed E-state index contributed by atoms with van der Waals surface area (Å²) in [6.45, 7) is 9.90. The number of piperidine rings is 1. The molecule has 1 aliphatic rings. The molecule has 0 aromatic rings. The normalized spacial score (nSPS) is 19.1. The van der Waals surface area contributed by atoms with Gasteiger partial charge in [-0.3, -0.25) is 4.79 Å². The van der Waals surface area contributed by atoms with Gasteiger partial charge in [-0.25, -0.2) is 0 Å². The minimum Gasteiger partial charge on any atom is -0.369 e. The molecule has 1 saturated heterocycles. The van der Waals surface area contributed by atoms with E-state index in [2.05, 4.69) is 31.7 Å². The number of amides is 1.